The molecule has 5 nitrogen and oxygen atoms in total. The first-order chi connectivity index (χ1) is 10.1. The Hall–Kier alpha value is -1.88. The van der Waals surface area contributed by atoms with Crippen LogP contribution in [0, 0.1) is 6.92 Å². The lowest BCUT2D eigenvalue weighted by Gasteiger charge is -2.32. The molecule has 1 aliphatic carbocycles. The van der Waals surface area contributed by atoms with E-state index in [1.54, 1.807) is 10.6 Å². The van der Waals surface area contributed by atoms with Crippen LogP contribution in [0.25, 0.3) is 5.65 Å². The molecule has 1 aliphatic rings. The number of fused-ring (bicyclic) bond motifs is 1. The van der Waals surface area contributed by atoms with Crippen molar-refractivity contribution in [2.24, 2.45) is 0 Å². The van der Waals surface area contributed by atoms with E-state index in [2.05, 4.69) is 10.3 Å². The number of aryl methyl sites for hydroxylation is 1. The normalized spacial score (nSPS) is 17.8. The fourth-order valence-corrected chi connectivity index (χ4v) is 2.98. The van der Waals surface area contributed by atoms with Gasteiger partial charge in [-0.1, -0.05) is 25.3 Å². The molecule has 0 aromatic carbocycles. The Bertz CT molecular complexity index is 657. The van der Waals surface area contributed by atoms with Crippen LogP contribution in [0.1, 0.15) is 48.2 Å². The summed E-state index contributed by atoms with van der Waals surface area (Å²) in [5, 5.41) is 13.3. The molecule has 112 valence electrons. The van der Waals surface area contributed by atoms with Gasteiger partial charge in [0.1, 0.15) is 11.3 Å². The summed E-state index contributed by atoms with van der Waals surface area (Å²) in [6.07, 6.45) is 8.23. The molecule has 2 aromatic heterocycles. The molecule has 5 heteroatoms. The van der Waals surface area contributed by atoms with Gasteiger partial charge >= 0.3 is 0 Å². The number of hydrogen-bond acceptors (Lipinski definition) is 3. The summed E-state index contributed by atoms with van der Waals surface area (Å²) in [7, 11) is 0. The molecule has 0 spiro atoms. The summed E-state index contributed by atoms with van der Waals surface area (Å²) in [4.78, 5) is 16.6. The Morgan fingerprint density at radius 3 is 2.90 bits per heavy atom. The predicted octanol–water partition coefficient (Wildman–Crippen LogP) is 2.07. The van der Waals surface area contributed by atoms with Gasteiger partial charge in [-0.2, -0.15) is 0 Å². The number of nitrogens with zero attached hydrogens (tertiary/aromatic N) is 2. The molecule has 1 fully saturated rings. The zero-order valence-corrected chi connectivity index (χ0v) is 12.3. The molecule has 21 heavy (non-hydrogen) atoms. The number of aliphatic hydroxyl groups is 1. The van der Waals surface area contributed by atoms with E-state index in [0.29, 0.717) is 12.2 Å². The van der Waals surface area contributed by atoms with Crippen molar-refractivity contribution in [1.82, 2.24) is 14.7 Å². The lowest BCUT2D eigenvalue weighted by Crippen LogP contribution is -2.44. The number of rotatable bonds is 3. The van der Waals surface area contributed by atoms with E-state index >= 15 is 0 Å². The number of carbonyl (C=O) groups excluding carboxylic acids is 1. The van der Waals surface area contributed by atoms with Crippen molar-refractivity contribution in [3.8, 4) is 0 Å². The highest BCUT2D eigenvalue weighted by atomic mass is 16.3. The maximum absolute atomic E-state index is 12.3. The van der Waals surface area contributed by atoms with Gasteiger partial charge in [-0.15, -0.1) is 0 Å². The lowest BCUT2D eigenvalue weighted by atomic mass is 9.85. The summed E-state index contributed by atoms with van der Waals surface area (Å²) in [5.74, 6) is -0.188. The highest BCUT2D eigenvalue weighted by Crippen LogP contribution is 2.27. The van der Waals surface area contributed by atoms with Gasteiger partial charge < -0.3 is 10.4 Å². The van der Waals surface area contributed by atoms with E-state index in [0.717, 1.165) is 36.9 Å². The van der Waals surface area contributed by atoms with Gasteiger partial charge in [0.05, 0.1) is 11.8 Å². The SMILES string of the molecule is Cc1ccc2ncc(C(=O)NCC3(O)CCCCC3)n2c1. The first kappa shape index (κ1) is 14.1. The number of carbonyl (C=O) groups is 1. The van der Waals surface area contributed by atoms with Crippen LogP contribution in [-0.4, -0.2) is 32.5 Å². The molecular formula is C16H21N3O2. The van der Waals surface area contributed by atoms with Crippen LogP contribution in [0.4, 0.5) is 0 Å². The summed E-state index contributed by atoms with van der Waals surface area (Å²) >= 11 is 0. The van der Waals surface area contributed by atoms with Crippen LogP contribution in [0.15, 0.2) is 24.5 Å². The number of pyridine rings is 1. The van der Waals surface area contributed by atoms with Gasteiger partial charge in [-0.3, -0.25) is 9.20 Å². The number of nitrogens with one attached hydrogen (secondary N) is 1. The van der Waals surface area contributed by atoms with Gasteiger partial charge in [0.25, 0.3) is 5.91 Å². The van der Waals surface area contributed by atoms with Crippen LogP contribution in [0.5, 0.6) is 0 Å². The highest BCUT2D eigenvalue weighted by Gasteiger charge is 2.29. The Kier molecular flexibility index (Phi) is 3.68. The Morgan fingerprint density at radius 1 is 1.38 bits per heavy atom. The van der Waals surface area contributed by atoms with E-state index in [9.17, 15) is 9.90 Å². The molecular weight excluding hydrogens is 266 g/mol. The molecule has 1 saturated carbocycles. The largest absolute Gasteiger partial charge is 0.388 e. The molecule has 0 unspecified atom stereocenters. The molecule has 2 N–H and O–H groups in total. The van der Waals surface area contributed by atoms with E-state index in [4.69, 9.17) is 0 Å². The summed E-state index contributed by atoms with van der Waals surface area (Å²) in [5.41, 5.74) is 1.58. The van der Waals surface area contributed by atoms with Crippen LogP contribution < -0.4 is 5.32 Å². The van der Waals surface area contributed by atoms with Crippen molar-refractivity contribution in [2.75, 3.05) is 6.54 Å². The topological polar surface area (TPSA) is 66.6 Å². The molecule has 0 atom stereocenters. The zero-order chi connectivity index (χ0) is 14.9. The fraction of sp³-hybridized carbons (Fsp3) is 0.500. The van der Waals surface area contributed by atoms with Crippen LogP contribution in [-0.2, 0) is 0 Å². The number of imidazole rings is 1. The third-order valence-corrected chi connectivity index (χ3v) is 4.25. The smallest absolute Gasteiger partial charge is 0.270 e. The molecule has 0 aliphatic heterocycles. The predicted molar refractivity (Wildman–Crippen MR) is 80.3 cm³/mol. The quantitative estimate of drug-likeness (QED) is 0.908. The number of aromatic nitrogens is 2. The maximum Gasteiger partial charge on any atom is 0.270 e. The Balaban J connectivity index is 1.73. The molecule has 3 rings (SSSR count). The average Bonchev–Trinajstić information content (AvgIpc) is 2.89. The third-order valence-electron chi connectivity index (χ3n) is 4.25. The van der Waals surface area contributed by atoms with Gasteiger partial charge in [0.15, 0.2) is 0 Å². The molecule has 1 amide bonds. The summed E-state index contributed by atoms with van der Waals surface area (Å²) in [6.45, 7) is 2.29. The minimum absolute atomic E-state index is 0.188. The molecule has 2 heterocycles. The summed E-state index contributed by atoms with van der Waals surface area (Å²) in [6, 6.07) is 3.86. The number of hydrogen-bond donors (Lipinski definition) is 2. The van der Waals surface area contributed by atoms with Crippen molar-refractivity contribution in [3.63, 3.8) is 0 Å². The Morgan fingerprint density at radius 2 is 2.14 bits per heavy atom. The average molecular weight is 287 g/mol. The second-order valence-corrected chi connectivity index (χ2v) is 6.05. The molecule has 0 bridgehead atoms. The van der Waals surface area contributed by atoms with E-state index in [1.165, 1.54) is 6.42 Å². The first-order valence-corrected chi connectivity index (χ1v) is 7.52. The zero-order valence-electron chi connectivity index (χ0n) is 12.3. The monoisotopic (exact) mass is 287 g/mol. The molecule has 0 saturated heterocycles. The second kappa shape index (κ2) is 5.48. The van der Waals surface area contributed by atoms with E-state index < -0.39 is 5.60 Å². The highest BCUT2D eigenvalue weighted by molar-refractivity contribution is 5.93. The van der Waals surface area contributed by atoms with Crippen molar-refractivity contribution < 1.29 is 9.90 Å². The van der Waals surface area contributed by atoms with Crippen molar-refractivity contribution >= 4 is 11.6 Å². The lowest BCUT2D eigenvalue weighted by molar-refractivity contribution is 0.00520. The van der Waals surface area contributed by atoms with Crippen molar-refractivity contribution in [2.45, 2.75) is 44.6 Å². The van der Waals surface area contributed by atoms with Crippen LogP contribution >= 0.6 is 0 Å². The van der Waals surface area contributed by atoms with Crippen LogP contribution in [0.2, 0.25) is 0 Å². The van der Waals surface area contributed by atoms with Gasteiger partial charge in [0, 0.05) is 12.7 Å². The van der Waals surface area contributed by atoms with E-state index in [1.807, 2.05) is 25.3 Å². The van der Waals surface area contributed by atoms with Crippen molar-refractivity contribution in [3.05, 3.63) is 35.8 Å². The minimum atomic E-state index is -0.746. The van der Waals surface area contributed by atoms with Crippen LogP contribution in [0.3, 0.4) is 0 Å². The first-order valence-electron chi connectivity index (χ1n) is 7.52. The minimum Gasteiger partial charge on any atom is -0.388 e. The summed E-state index contributed by atoms with van der Waals surface area (Å²) < 4.78 is 1.79. The van der Waals surface area contributed by atoms with Gasteiger partial charge in [-0.25, -0.2) is 4.98 Å². The Labute approximate surface area is 124 Å². The van der Waals surface area contributed by atoms with Gasteiger partial charge in [0.2, 0.25) is 0 Å². The van der Waals surface area contributed by atoms with Crippen molar-refractivity contribution in [1.29, 1.82) is 0 Å². The molecule has 2 aromatic rings. The third kappa shape index (κ3) is 2.93. The van der Waals surface area contributed by atoms with Gasteiger partial charge in [-0.05, 0) is 31.4 Å². The van der Waals surface area contributed by atoms with E-state index in [-0.39, 0.29) is 5.91 Å². The maximum atomic E-state index is 12.3. The standard InChI is InChI=1S/C16H21N3O2/c1-12-5-6-14-17-9-13(19(14)10-12)15(20)18-11-16(21)7-3-2-4-8-16/h5-6,9-10,21H,2-4,7-8,11H2,1H3,(H,18,20). The molecule has 0 radical (unpaired) electrons. The second-order valence-electron chi connectivity index (χ2n) is 6.05. The fourth-order valence-electron chi connectivity index (χ4n) is 2.98. The number of amides is 1.